The number of nitrogen functional groups attached to an aromatic ring is 1. The summed E-state index contributed by atoms with van der Waals surface area (Å²) in [7, 11) is 0. The van der Waals surface area contributed by atoms with E-state index in [9.17, 15) is 4.79 Å². The number of amides is 1. The maximum absolute atomic E-state index is 12.2. The number of halogens is 1. The molecule has 0 radical (unpaired) electrons. The number of nitrogens with one attached hydrogen (secondary N) is 1. The monoisotopic (exact) mass is 305 g/mol. The summed E-state index contributed by atoms with van der Waals surface area (Å²) in [6.45, 7) is 1.85. The van der Waals surface area contributed by atoms with Crippen LogP contribution in [0.3, 0.4) is 0 Å². The lowest BCUT2D eigenvalue weighted by molar-refractivity contribution is 0.102. The Morgan fingerprint density at radius 3 is 2.78 bits per heavy atom. The minimum Gasteiger partial charge on any atom is -0.398 e. The second kappa shape index (κ2) is 5.18. The molecule has 0 bridgehead atoms. The van der Waals surface area contributed by atoms with E-state index in [1.54, 1.807) is 18.3 Å². The number of rotatable bonds is 2. The van der Waals surface area contributed by atoms with Crippen LogP contribution in [-0.4, -0.2) is 10.9 Å². The topological polar surface area (TPSA) is 68.0 Å². The van der Waals surface area contributed by atoms with Crippen molar-refractivity contribution in [2.24, 2.45) is 0 Å². The fraction of sp³-hybridized carbons (Fsp3) is 0.0769. The van der Waals surface area contributed by atoms with Crippen molar-refractivity contribution in [2.75, 3.05) is 11.1 Å². The zero-order valence-corrected chi connectivity index (χ0v) is 11.4. The molecule has 0 unspecified atom stereocenters. The van der Waals surface area contributed by atoms with Gasteiger partial charge in [-0.3, -0.25) is 4.79 Å². The number of pyridine rings is 1. The Hall–Kier alpha value is -1.88. The third-order valence-corrected chi connectivity index (χ3v) is 3.16. The molecule has 0 saturated carbocycles. The quantitative estimate of drug-likeness (QED) is 0.838. The summed E-state index contributed by atoms with van der Waals surface area (Å²) in [4.78, 5) is 16.2. The molecule has 0 aliphatic carbocycles. The number of anilines is 2. The van der Waals surface area contributed by atoms with Crippen LogP contribution in [0.25, 0.3) is 0 Å². The molecule has 2 rings (SSSR count). The van der Waals surface area contributed by atoms with Crippen LogP contribution >= 0.6 is 15.9 Å². The molecule has 0 saturated heterocycles. The molecule has 0 spiro atoms. The molecular weight excluding hydrogens is 294 g/mol. The first-order chi connectivity index (χ1) is 8.59. The molecule has 3 N–H and O–H groups in total. The fourth-order valence-electron chi connectivity index (χ4n) is 1.65. The number of nitrogens with two attached hydrogens (primary N) is 1. The van der Waals surface area contributed by atoms with Gasteiger partial charge in [-0.25, -0.2) is 4.98 Å². The van der Waals surface area contributed by atoms with Crippen molar-refractivity contribution in [1.82, 2.24) is 4.98 Å². The third-order valence-electron chi connectivity index (χ3n) is 2.52. The third kappa shape index (κ3) is 2.51. The highest BCUT2D eigenvalue weighted by atomic mass is 79.9. The van der Waals surface area contributed by atoms with Gasteiger partial charge in [0, 0.05) is 11.9 Å². The molecule has 4 nitrogen and oxygen atoms in total. The predicted molar refractivity (Wildman–Crippen MR) is 75.5 cm³/mol. The fourth-order valence-corrected chi connectivity index (χ4v) is 2.00. The summed E-state index contributed by atoms with van der Waals surface area (Å²) >= 11 is 3.33. The Kier molecular flexibility index (Phi) is 3.62. The van der Waals surface area contributed by atoms with Crippen LogP contribution in [0.15, 0.2) is 41.0 Å². The molecular formula is C13H12BrN3O. The average Bonchev–Trinajstić information content (AvgIpc) is 2.32. The Balaban J connectivity index is 2.31. The van der Waals surface area contributed by atoms with E-state index < -0.39 is 0 Å². The van der Waals surface area contributed by atoms with E-state index in [1.807, 2.05) is 25.1 Å². The lowest BCUT2D eigenvalue weighted by atomic mass is 10.1. The molecule has 0 aliphatic heterocycles. The number of hydrogen-bond donors (Lipinski definition) is 2. The molecule has 1 heterocycles. The van der Waals surface area contributed by atoms with E-state index >= 15 is 0 Å². The number of carbonyl (C=O) groups excluding carboxylic acids is 1. The van der Waals surface area contributed by atoms with Gasteiger partial charge < -0.3 is 11.1 Å². The maximum Gasteiger partial charge on any atom is 0.259 e. The van der Waals surface area contributed by atoms with Crippen molar-refractivity contribution in [1.29, 1.82) is 0 Å². The van der Waals surface area contributed by atoms with Crippen LogP contribution in [-0.2, 0) is 0 Å². The van der Waals surface area contributed by atoms with Gasteiger partial charge >= 0.3 is 0 Å². The number of hydrogen-bond acceptors (Lipinski definition) is 3. The van der Waals surface area contributed by atoms with Gasteiger partial charge in [0.15, 0.2) is 0 Å². The highest BCUT2D eigenvalue weighted by Crippen LogP contribution is 2.22. The first-order valence-corrected chi connectivity index (χ1v) is 6.16. The van der Waals surface area contributed by atoms with Crippen LogP contribution in [0.1, 0.15) is 15.9 Å². The summed E-state index contributed by atoms with van der Waals surface area (Å²) in [5.41, 5.74) is 7.59. The zero-order chi connectivity index (χ0) is 13.1. The van der Waals surface area contributed by atoms with Crippen LogP contribution in [0, 0.1) is 6.92 Å². The molecule has 5 heteroatoms. The van der Waals surface area contributed by atoms with E-state index in [0.29, 0.717) is 17.1 Å². The Bertz CT molecular complexity index is 578. The Morgan fingerprint density at radius 1 is 1.33 bits per heavy atom. The second-order valence-electron chi connectivity index (χ2n) is 3.83. The molecule has 1 aromatic carbocycles. The minimum atomic E-state index is -0.259. The maximum atomic E-state index is 12.2. The van der Waals surface area contributed by atoms with Gasteiger partial charge in [-0.1, -0.05) is 12.1 Å². The summed E-state index contributed by atoms with van der Waals surface area (Å²) in [5.74, 6) is 0.218. The van der Waals surface area contributed by atoms with Crippen LogP contribution in [0.5, 0.6) is 0 Å². The van der Waals surface area contributed by atoms with Crippen molar-refractivity contribution in [2.45, 2.75) is 6.92 Å². The molecule has 0 aliphatic rings. The molecule has 1 amide bonds. The SMILES string of the molecule is Cc1cccc(N)c1C(=O)Nc1ncccc1Br. The van der Waals surface area contributed by atoms with E-state index in [4.69, 9.17) is 5.73 Å². The van der Waals surface area contributed by atoms with Gasteiger partial charge in [0.1, 0.15) is 5.82 Å². The van der Waals surface area contributed by atoms with E-state index in [0.717, 1.165) is 10.0 Å². The van der Waals surface area contributed by atoms with Crippen molar-refractivity contribution < 1.29 is 4.79 Å². The van der Waals surface area contributed by atoms with Crippen LogP contribution in [0.4, 0.5) is 11.5 Å². The number of nitrogens with zero attached hydrogens (tertiary/aromatic N) is 1. The van der Waals surface area contributed by atoms with Gasteiger partial charge in [0.05, 0.1) is 10.0 Å². The largest absolute Gasteiger partial charge is 0.398 e. The van der Waals surface area contributed by atoms with Crippen molar-refractivity contribution >= 4 is 33.3 Å². The van der Waals surface area contributed by atoms with Crippen molar-refractivity contribution in [3.63, 3.8) is 0 Å². The minimum absolute atomic E-state index is 0.259. The molecule has 0 fully saturated rings. The summed E-state index contributed by atoms with van der Waals surface area (Å²) in [5, 5.41) is 2.73. The first-order valence-electron chi connectivity index (χ1n) is 5.36. The smallest absolute Gasteiger partial charge is 0.259 e. The zero-order valence-electron chi connectivity index (χ0n) is 9.77. The van der Waals surface area contributed by atoms with Crippen LogP contribution in [0.2, 0.25) is 0 Å². The van der Waals surface area contributed by atoms with E-state index in [-0.39, 0.29) is 5.91 Å². The van der Waals surface area contributed by atoms with Gasteiger partial charge in [-0.05, 0) is 46.6 Å². The average molecular weight is 306 g/mol. The van der Waals surface area contributed by atoms with Gasteiger partial charge in [0.2, 0.25) is 0 Å². The standard InChI is InChI=1S/C13H12BrN3O/c1-8-4-2-6-10(15)11(8)13(18)17-12-9(14)5-3-7-16-12/h2-7H,15H2,1H3,(H,16,17,18). The van der Waals surface area contributed by atoms with Crippen LogP contribution < -0.4 is 11.1 Å². The number of aromatic nitrogens is 1. The van der Waals surface area contributed by atoms with Gasteiger partial charge in [-0.15, -0.1) is 0 Å². The van der Waals surface area contributed by atoms with Crippen molar-refractivity contribution in [3.8, 4) is 0 Å². The predicted octanol–water partition coefficient (Wildman–Crippen LogP) is 2.99. The van der Waals surface area contributed by atoms with Crippen molar-refractivity contribution in [3.05, 3.63) is 52.1 Å². The molecule has 18 heavy (non-hydrogen) atoms. The highest BCUT2D eigenvalue weighted by Gasteiger charge is 2.14. The lowest BCUT2D eigenvalue weighted by Gasteiger charge is -2.10. The number of benzene rings is 1. The second-order valence-corrected chi connectivity index (χ2v) is 4.68. The number of aryl methyl sites for hydroxylation is 1. The number of carbonyl (C=O) groups is 1. The highest BCUT2D eigenvalue weighted by molar-refractivity contribution is 9.10. The van der Waals surface area contributed by atoms with E-state index in [1.165, 1.54) is 0 Å². The molecule has 2 aromatic rings. The lowest BCUT2D eigenvalue weighted by Crippen LogP contribution is -2.16. The van der Waals surface area contributed by atoms with E-state index in [2.05, 4.69) is 26.2 Å². The molecule has 1 aromatic heterocycles. The molecule has 92 valence electrons. The Labute approximate surface area is 113 Å². The summed E-state index contributed by atoms with van der Waals surface area (Å²) in [6, 6.07) is 8.96. The first kappa shape index (κ1) is 12.6. The molecule has 0 atom stereocenters. The summed E-state index contributed by atoms with van der Waals surface area (Å²) < 4.78 is 0.727. The summed E-state index contributed by atoms with van der Waals surface area (Å²) in [6.07, 6.45) is 1.61. The normalized spacial score (nSPS) is 10.1. The van der Waals surface area contributed by atoms with Gasteiger partial charge in [-0.2, -0.15) is 0 Å². The Morgan fingerprint density at radius 2 is 2.11 bits per heavy atom. The van der Waals surface area contributed by atoms with Gasteiger partial charge in [0.25, 0.3) is 5.91 Å².